The first kappa shape index (κ1) is 23.0. The Morgan fingerprint density at radius 2 is 2.13 bits per heavy atom. The molecule has 8 nitrogen and oxygen atoms in total. The van der Waals surface area contributed by atoms with Crippen LogP contribution in [0, 0.1) is 11.6 Å². The van der Waals surface area contributed by atoms with Crippen LogP contribution in [-0.2, 0) is 9.53 Å². The highest BCUT2D eigenvalue weighted by atomic mass is 19.2. The van der Waals surface area contributed by atoms with E-state index >= 15 is 0 Å². The number of alkyl halides is 1. The molecule has 1 aromatic carbocycles. The van der Waals surface area contributed by atoms with E-state index in [2.05, 4.69) is 15.4 Å². The van der Waals surface area contributed by atoms with E-state index in [4.69, 9.17) is 14.6 Å². The Morgan fingerprint density at radius 3 is 2.77 bits per heavy atom. The van der Waals surface area contributed by atoms with Crippen molar-refractivity contribution >= 4 is 11.9 Å². The molecule has 1 aliphatic carbocycles. The van der Waals surface area contributed by atoms with Crippen molar-refractivity contribution in [1.29, 1.82) is 0 Å². The lowest BCUT2D eigenvalue weighted by atomic mass is 9.91. The summed E-state index contributed by atoms with van der Waals surface area (Å²) in [7, 11) is 0. The molecule has 1 amide bonds. The maximum atomic E-state index is 12.8. The first-order valence-electron chi connectivity index (χ1n) is 10.1. The summed E-state index contributed by atoms with van der Waals surface area (Å²) in [6, 6.07) is 3.70. The number of aliphatic hydroxyl groups excluding tert-OH is 1. The molecule has 2 N–H and O–H groups in total. The Kier molecular flexibility index (Phi) is 7.85. The SMILES string of the molecule is CC1CCC(C(=O)Nc2ncn(C3CC(F)C3)n2)O1.OCCOc1cccc(F)c1F. The summed E-state index contributed by atoms with van der Waals surface area (Å²) >= 11 is 0. The average molecular weight is 442 g/mol. The number of nitrogens with one attached hydrogen (secondary N) is 1. The third-order valence-corrected chi connectivity index (χ3v) is 4.96. The van der Waals surface area contributed by atoms with E-state index in [-0.39, 0.29) is 43.0 Å². The average Bonchev–Trinajstić information content (AvgIpc) is 3.36. The van der Waals surface area contributed by atoms with E-state index in [1.54, 1.807) is 4.68 Å². The number of hydrogen-bond donors (Lipinski definition) is 2. The van der Waals surface area contributed by atoms with Gasteiger partial charge in [-0.3, -0.25) is 10.1 Å². The summed E-state index contributed by atoms with van der Waals surface area (Å²) in [5.41, 5.74) is 0. The number of hydrogen-bond acceptors (Lipinski definition) is 6. The normalized spacial score (nSPS) is 24.7. The summed E-state index contributed by atoms with van der Waals surface area (Å²) in [6.45, 7) is 1.68. The summed E-state index contributed by atoms with van der Waals surface area (Å²) < 4.78 is 49.8. The van der Waals surface area contributed by atoms with Crippen LogP contribution >= 0.6 is 0 Å². The molecule has 0 spiro atoms. The summed E-state index contributed by atoms with van der Waals surface area (Å²) in [6.07, 6.45) is 3.06. The first-order valence-corrected chi connectivity index (χ1v) is 10.1. The summed E-state index contributed by atoms with van der Waals surface area (Å²) in [5, 5.41) is 15.1. The fourth-order valence-electron chi connectivity index (χ4n) is 3.18. The smallest absolute Gasteiger partial charge is 0.255 e. The lowest BCUT2D eigenvalue weighted by molar-refractivity contribution is -0.126. The van der Waals surface area contributed by atoms with Crippen molar-refractivity contribution in [2.24, 2.45) is 0 Å². The van der Waals surface area contributed by atoms with Gasteiger partial charge < -0.3 is 14.6 Å². The molecule has 2 atom stereocenters. The van der Waals surface area contributed by atoms with Crippen molar-refractivity contribution in [2.75, 3.05) is 18.5 Å². The van der Waals surface area contributed by atoms with Crippen molar-refractivity contribution in [3.8, 4) is 5.75 Å². The minimum atomic E-state index is -1.02. The molecule has 2 aromatic rings. The van der Waals surface area contributed by atoms with Crippen LogP contribution in [0.3, 0.4) is 0 Å². The molecule has 11 heteroatoms. The molecule has 2 fully saturated rings. The van der Waals surface area contributed by atoms with E-state index in [1.165, 1.54) is 18.5 Å². The Labute approximate surface area is 177 Å². The van der Waals surface area contributed by atoms with Gasteiger partial charge in [-0.15, -0.1) is 5.10 Å². The molecule has 0 bridgehead atoms. The Balaban J connectivity index is 0.000000196. The van der Waals surface area contributed by atoms with Gasteiger partial charge in [-0.1, -0.05) is 6.07 Å². The van der Waals surface area contributed by atoms with Gasteiger partial charge in [-0.05, 0) is 31.9 Å². The molecule has 1 aromatic heterocycles. The third-order valence-electron chi connectivity index (χ3n) is 4.96. The molecule has 1 saturated carbocycles. The Bertz CT molecular complexity index is 876. The van der Waals surface area contributed by atoms with Crippen LogP contribution in [0.5, 0.6) is 5.75 Å². The van der Waals surface area contributed by atoms with Crippen molar-refractivity contribution in [1.82, 2.24) is 14.8 Å². The zero-order valence-corrected chi connectivity index (χ0v) is 17.0. The van der Waals surface area contributed by atoms with Gasteiger partial charge in [0.15, 0.2) is 11.6 Å². The van der Waals surface area contributed by atoms with E-state index in [0.717, 1.165) is 18.9 Å². The number of amides is 1. The van der Waals surface area contributed by atoms with Gasteiger partial charge in [0.05, 0.1) is 18.8 Å². The zero-order valence-electron chi connectivity index (χ0n) is 17.0. The first-order chi connectivity index (χ1) is 14.9. The second-order valence-electron chi connectivity index (χ2n) is 7.40. The van der Waals surface area contributed by atoms with Gasteiger partial charge >= 0.3 is 0 Å². The Hall–Kier alpha value is -2.66. The van der Waals surface area contributed by atoms with Gasteiger partial charge in [0.1, 0.15) is 25.2 Å². The maximum absolute atomic E-state index is 12.8. The number of nitrogens with zero attached hydrogens (tertiary/aromatic N) is 3. The van der Waals surface area contributed by atoms with Gasteiger partial charge in [0.2, 0.25) is 11.8 Å². The van der Waals surface area contributed by atoms with Gasteiger partial charge in [0, 0.05) is 12.8 Å². The number of rotatable bonds is 6. The lowest BCUT2D eigenvalue weighted by Crippen LogP contribution is -2.29. The highest BCUT2D eigenvalue weighted by Crippen LogP contribution is 2.33. The number of aromatic nitrogens is 3. The molecular formula is C20H25F3N4O4. The van der Waals surface area contributed by atoms with E-state index in [1.807, 2.05) is 6.92 Å². The zero-order chi connectivity index (χ0) is 22.4. The largest absolute Gasteiger partial charge is 0.488 e. The molecule has 1 aliphatic heterocycles. The quantitative estimate of drug-likeness (QED) is 0.714. The second kappa shape index (κ2) is 10.6. The van der Waals surface area contributed by atoms with Crippen LogP contribution in [0.2, 0.25) is 0 Å². The van der Waals surface area contributed by atoms with Crippen LogP contribution in [-0.4, -0.2) is 57.4 Å². The lowest BCUT2D eigenvalue weighted by Gasteiger charge is -2.28. The van der Waals surface area contributed by atoms with E-state index in [0.29, 0.717) is 12.8 Å². The molecule has 2 aliphatic rings. The Morgan fingerprint density at radius 1 is 1.35 bits per heavy atom. The van der Waals surface area contributed by atoms with Gasteiger partial charge in [-0.2, -0.15) is 4.39 Å². The predicted octanol–water partition coefficient (Wildman–Crippen LogP) is 2.79. The van der Waals surface area contributed by atoms with Crippen molar-refractivity contribution < 1.29 is 32.5 Å². The molecule has 4 rings (SSSR count). The molecule has 0 radical (unpaired) electrons. The summed E-state index contributed by atoms with van der Waals surface area (Å²) in [4.78, 5) is 15.9. The fourth-order valence-corrected chi connectivity index (χ4v) is 3.18. The fraction of sp³-hybridized carbons (Fsp3) is 0.550. The molecule has 170 valence electrons. The second-order valence-corrected chi connectivity index (χ2v) is 7.40. The van der Waals surface area contributed by atoms with Crippen LogP contribution in [0.4, 0.5) is 19.1 Å². The standard InChI is InChI=1S/C12H17FN4O2.C8H8F2O2/c1-7-2-3-10(19-7)11(18)15-12-14-6-17(16-12)9-4-8(13)5-9;9-6-2-1-3-7(8(6)10)12-5-4-11/h6-10H,2-5H2,1H3,(H,15,16,18);1-3,11H,4-5H2. The highest BCUT2D eigenvalue weighted by Gasteiger charge is 2.32. The number of benzene rings is 1. The summed E-state index contributed by atoms with van der Waals surface area (Å²) in [5.74, 6) is -2.10. The number of anilines is 1. The minimum absolute atomic E-state index is 0.0413. The topological polar surface area (TPSA) is 98.5 Å². The van der Waals surface area contributed by atoms with Crippen LogP contribution in [0.1, 0.15) is 38.6 Å². The number of carbonyl (C=O) groups is 1. The molecule has 2 heterocycles. The number of ether oxygens (including phenoxy) is 2. The minimum Gasteiger partial charge on any atom is -0.488 e. The van der Waals surface area contributed by atoms with Crippen molar-refractivity contribution in [2.45, 2.75) is 57.0 Å². The van der Waals surface area contributed by atoms with Crippen LogP contribution in [0.25, 0.3) is 0 Å². The monoisotopic (exact) mass is 442 g/mol. The van der Waals surface area contributed by atoms with E-state index < -0.39 is 23.9 Å². The van der Waals surface area contributed by atoms with Crippen molar-refractivity contribution in [3.63, 3.8) is 0 Å². The molecular weight excluding hydrogens is 417 g/mol. The van der Waals surface area contributed by atoms with Crippen LogP contribution in [0.15, 0.2) is 24.5 Å². The van der Waals surface area contributed by atoms with Gasteiger partial charge in [-0.25, -0.2) is 18.4 Å². The van der Waals surface area contributed by atoms with Crippen LogP contribution < -0.4 is 10.1 Å². The number of carbonyl (C=O) groups excluding carboxylic acids is 1. The maximum Gasteiger partial charge on any atom is 0.255 e. The number of aliphatic hydroxyl groups is 1. The highest BCUT2D eigenvalue weighted by molar-refractivity contribution is 5.92. The molecule has 31 heavy (non-hydrogen) atoms. The molecule has 2 unspecified atom stereocenters. The van der Waals surface area contributed by atoms with E-state index in [9.17, 15) is 18.0 Å². The van der Waals surface area contributed by atoms with Gasteiger partial charge in [0.25, 0.3) is 5.91 Å². The predicted molar refractivity (Wildman–Crippen MR) is 104 cm³/mol. The van der Waals surface area contributed by atoms with Crippen molar-refractivity contribution in [3.05, 3.63) is 36.2 Å². The third kappa shape index (κ3) is 6.17. The molecule has 1 saturated heterocycles. The number of halogens is 3.